The number of nitrogen functional groups attached to an aromatic ring is 1. The van der Waals surface area contributed by atoms with Gasteiger partial charge in [-0.2, -0.15) is 10.1 Å². The molecule has 12 nitrogen and oxygen atoms in total. The van der Waals surface area contributed by atoms with Crippen molar-refractivity contribution >= 4 is 31.3 Å². The number of halogens is 1. The zero-order valence-electron chi connectivity index (χ0n) is 16.6. The molecule has 1 aliphatic heterocycles. The number of aliphatic carboxylic acids is 1. The predicted octanol–water partition coefficient (Wildman–Crippen LogP) is 0.800. The molecule has 0 saturated carbocycles. The van der Waals surface area contributed by atoms with Crippen molar-refractivity contribution in [3.63, 3.8) is 0 Å². The minimum Gasteiger partial charge on any atom is -0.480 e. The summed E-state index contributed by atoms with van der Waals surface area (Å²) in [5.74, 6) is -1.29. The van der Waals surface area contributed by atoms with Crippen molar-refractivity contribution < 1.29 is 33.0 Å². The standard InChI is InChI=1S/C17H21FN5O7PS/c1-9(16(25)26)22-31(28,30-10-3-2-5-20-7-10)29-8-11-14(24)13(18)15(32-11)23-6-4-12(19)21-17(23)27/h2-7,9,11,13-15,24H,8H2,1H3,(H,22,28)(H,25,26)(H2,19,21,27)/t9?,11-,13+,14-,15-,31?/m1/s1. The second kappa shape index (κ2) is 9.96. The molecule has 2 aromatic heterocycles. The number of pyridine rings is 1. The van der Waals surface area contributed by atoms with Crippen LogP contribution in [0.1, 0.15) is 12.3 Å². The van der Waals surface area contributed by atoms with E-state index in [0.717, 1.165) is 16.3 Å². The number of hydrogen-bond donors (Lipinski definition) is 4. The van der Waals surface area contributed by atoms with Crippen LogP contribution in [0.5, 0.6) is 5.75 Å². The van der Waals surface area contributed by atoms with Gasteiger partial charge in [-0.1, -0.05) is 0 Å². The molecule has 32 heavy (non-hydrogen) atoms. The number of carboxylic acid groups (broad SMARTS) is 1. The van der Waals surface area contributed by atoms with Gasteiger partial charge in [0.15, 0.2) is 6.17 Å². The zero-order chi connectivity index (χ0) is 23.5. The topological polar surface area (TPSA) is 179 Å². The number of carboxylic acids is 1. The Morgan fingerprint density at radius 2 is 2.25 bits per heavy atom. The minimum absolute atomic E-state index is 0.0304. The number of aromatic nitrogens is 3. The highest BCUT2D eigenvalue weighted by atomic mass is 32.2. The first-order chi connectivity index (χ1) is 15.1. The molecule has 6 atom stereocenters. The number of thioether (sulfide) groups is 1. The van der Waals surface area contributed by atoms with Crippen molar-refractivity contribution in [3.8, 4) is 5.75 Å². The summed E-state index contributed by atoms with van der Waals surface area (Å²) in [5, 5.41) is 19.6. The van der Waals surface area contributed by atoms with Gasteiger partial charge >= 0.3 is 19.4 Å². The van der Waals surface area contributed by atoms with E-state index in [1.54, 1.807) is 0 Å². The molecule has 0 radical (unpaired) electrons. The van der Waals surface area contributed by atoms with Crippen molar-refractivity contribution in [2.75, 3.05) is 12.3 Å². The summed E-state index contributed by atoms with van der Waals surface area (Å²) in [4.78, 5) is 30.6. The predicted molar refractivity (Wildman–Crippen MR) is 113 cm³/mol. The number of hydrogen-bond acceptors (Lipinski definition) is 10. The zero-order valence-corrected chi connectivity index (χ0v) is 18.4. The molecule has 3 heterocycles. The molecule has 174 valence electrons. The molecule has 5 N–H and O–H groups in total. The van der Waals surface area contributed by atoms with Crippen molar-refractivity contribution in [2.24, 2.45) is 0 Å². The molecule has 15 heteroatoms. The Kier molecular flexibility index (Phi) is 7.51. The first-order valence-electron chi connectivity index (χ1n) is 9.27. The fourth-order valence-corrected chi connectivity index (χ4v) is 5.81. The molecule has 0 spiro atoms. The van der Waals surface area contributed by atoms with E-state index in [9.17, 15) is 23.7 Å². The Labute approximate surface area is 185 Å². The number of nitrogens with one attached hydrogen (secondary N) is 1. The van der Waals surface area contributed by atoms with E-state index in [2.05, 4.69) is 15.1 Å². The maximum Gasteiger partial charge on any atom is 0.459 e. The average molecular weight is 489 g/mol. The Morgan fingerprint density at radius 3 is 2.88 bits per heavy atom. The van der Waals surface area contributed by atoms with Crippen LogP contribution in [0.3, 0.4) is 0 Å². The smallest absolute Gasteiger partial charge is 0.459 e. The molecule has 1 saturated heterocycles. The van der Waals surface area contributed by atoms with Gasteiger partial charge in [0.1, 0.15) is 29.1 Å². The quantitative estimate of drug-likeness (QED) is 0.365. The maximum absolute atomic E-state index is 14.7. The summed E-state index contributed by atoms with van der Waals surface area (Å²) >= 11 is 0.871. The van der Waals surface area contributed by atoms with E-state index in [-0.39, 0.29) is 11.6 Å². The second-order valence-electron chi connectivity index (χ2n) is 6.80. The van der Waals surface area contributed by atoms with Crippen LogP contribution in [0.2, 0.25) is 0 Å². The van der Waals surface area contributed by atoms with Gasteiger partial charge in [0.05, 0.1) is 18.1 Å². The highest BCUT2D eigenvalue weighted by Gasteiger charge is 2.46. The molecule has 0 amide bonds. The van der Waals surface area contributed by atoms with Crippen LogP contribution in [-0.2, 0) is 13.9 Å². The van der Waals surface area contributed by atoms with Crippen molar-refractivity contribution in [2.45, 2.75) is 35.9 Å². The number of aliphatic hydroxyl groups excluding tert-OH is 1. The minimum atomic E-state index is -4.27. The molecule has 2 unspecified atom stereocenters. The number of aliphatic hydroxyl groups is 1. The average Bonchev–Trinajstić information content (AvgIpc) is 3.01. The van der Waals surface area contributed by atoms with Crippen LogP contribution < -0.4 is 21.0 Å². The van der Waals surface area contributed by atoms with Gasteiger partial charge in [-0.15, -0.1) is 11.8 Å². The van der Waals surface area contributed by atoms with Gasteiger partial charge < -0.3 is 20.5 Å². The molecule has 3 rings (SSSR count). The summed E-state index contributed by atoms with van der Waals surface area (Å²) in [6.07, 6.45) is 0.528. The summed E-state index contributed by atoms with van der Waals surface area (Å²) in [7, 11) is -4.27. The van der Waals surface area contributed by atoms with Gasteiger partial charge in [-0.25, -0.2) is 13.8 Å². The third kappa shape index (κ3) is 5.64. The lowest BCUT2D eigenvalue weighted by Crippen LogP contribution is -2.36. The third-order valence-electron chi connectivity index (χ3n) is 4.41. The van der Waals surface area contributed by atoms with Crippen LogP contribution in [0.4, 0.5) is 10.2 Å². The first-order valence-corrected chi connectivity index (χ1v) is 11.8. The Bertz CT molecular complexity index is 1060. The fraction of sp³-hybridized carbons (Fsp3) is 0.412. The molecule has 0 aliphatic carbocycles. The number of alkyl halides is 1. The van der Waals surface area contributed by atoms with Crippen molar-refractivity contribution in [3.05, 3.63) is 47.3 Å². The molecule has 1 aliphatic rings. The molecular weight excluding hydrogens is 468 g/mol. The van der Waals surface area contributed by atoms with E-state index in [1.165, 1.54) is 43.7 Å². The highest BCUT2D eigenvalue weighted by Crippen LogP contribution is 2.48. The van der Waals surface area contributed by atoms with Crippen LogP contribution in [-0.4, -0.2) is 60.9 Å². The van der Waals surface area contributed by atoms with Crippen LogP contribution in [0, 0.1) is 0 Å². The molecule has 0 aromatic carbocycles. The van der Waals surface area contributed by atoms with E-state index in [0.29, 0.717) is 0 Å². The first kappa shape index (κ1) is 24.1. The summed E-state index contributed by atoms with van der Waals surface area (Å²) in [6, 6.07) is 2.95. The summed E-state index contributed by atoms with van der Waals surface area (Å²) in [6.45, 7) is 0.759. The van der Waals surface area contributed by atoms with E-state index < -0.39 is 55.0 Å². The Balaban J connectivity index is 1.75. The van der Waals surface area contributed by atoms with Gasteiger partial charge in [0.2, 0.25) is 0 Å². The van der Waals surface area contributed by atoms with Crippen LogP contribution >= 0.6 is 19.5 Å². The molecular formula is C17H21FN5O7PS. The van der Waals surface area contributed by atoms with Gasteiger partial charge in [-0.05, 0) is 25.1 Å². The third-order valence-corrected chi connectivity index (χ3v) is 7.58. The van der Waals surface area contributed by atoms with E-state index in [4.69, 9.17) is 19.9 Å². The van der Waals surface area contributed by atoms with Crippen molar-refractivity contribution in [1.29, 1.82) is 0 Å². The van der Waals surface area contributed by atoms with E-state index >= 15 is 0 Å². The Morgan fingerprint density at radius 1 is 1.50 bits per heavy atom. The summed E-state index contributed by atoms with van der Waals surface area (Å²) < 4.78 is 39.6. The number of nitrogens with zero attached hydrogens (tertiary/aromatic N) is 3. The normalized spacial score (nSPS) is 25.7. The van der Waals surface area contributed by atoms with Crippen molar-refractivity contribution in [1.82, 2.24) is 19.6 Å². The summed E-state index contributed by atoms with van der Waals surface area (Å²) in [5.41, 5.74) is 4.65. The lowest BCUT2D eigenvalue weighted by Gasteiger charge is -2.23. The fourth-order valence-electron chi connectivity index (χ4n) is 2.78. The van der Waals surface area contributed by atoms with E-state index in [1.807, 2.05) is 0 Å². The maximum atomic E-state index is 14.7. The number of carbonyl (C=O) groups is 1. The SMILES string of the molecule is CC(NP(=O)(OC[C@H]1S[C@@H](n2ccc(N)nc2=O)[C@@H](F)[C@@H]1O)Oc1cccnc1)C(=O)O. The van der Waals surface area contributed by atoms with Crippen LogP contribution in [0.25, 0.3) is 0 Å². The number of anilines is 1. The Hall–Kier alpha value is -2.51. The largest absolute Gasteiger partial charge is 0.480 e. The highest BCUT2D eigenvalue weighted by molar-refractivity contribution is 8.00. The van der Waals surface area contributed by atoms with Crippen LogP contribution in [0.15, 0.2) is 41.6 Å². The lowest BCUT2D eigenvalue weighted by atomic mass is 10.1. The van der Waals surface area contributed by atoms with Gasteiger partial charge in [-0.3, -0.25) is 18.9 Å². The molecule has 2 aromatic rings. The lowest BCUT2D eigenvalue weighted by molar-refractivity contribution is -0.138. The van der Waals surface area contributed by atoms with Gasteiger partial charge in [0.25, 0.3) is 0 Å². The monoisotopic (exact) mass is 489 g/mol. The van der Waals surface area contributed by atoms with Gasteiger partial charge in [0, 0.05) is 12.4 Å². The molecule has 0 bridgehead atoms. The second-order valence-corrected chi connectivity index (χ2v) is 9.86. The number of nitrogens with two attached hydrogens (primary N) is 1. The number of rotatable bonds is 9. The molecule has 1 fully saturated rings.